The lowest BCUT2D eigenvalue weighted by atomic mass is 9.96. The van der Waals surface area contributed by atoms with E-state index in [1.807, 2.05) is 6.07 Å². The summed E-state index contributed by atoms with van der Waals surface area (Å²) in [6.07, 6.45) is 0.901. The molecule has 2 aromatic rings. The molecule has 0 unspecified atom stereocenters. The summed E-state index contributed by atoms with van der Waals surface area (Å²) in [5.41, 5.74) is 3.71. The Labute approximate surface area is 106 Å². The van der Waals surface area contributed by atoms with Crippen LogP contribution in [0, 0.1) is 0 Å². The normalized spacial score (nSPS) is 15.1. The lowest BCUT2D eigenvalue weighted by Crippen LogP contribution is -2.29. The highest BCUT2D eigenvalue weighted by atomic mass is 16.4. The van der Waals surface area contributed by atoms with Crippen molar-refractivity contribution in [3.63, 3.8) is 0 Å². The van der Waals surface area contributed by atoms with Gasteiger partial charge in [-0.1, -0.05) is 26.0 Å². The fraction of sp³-hybridized carbons (Fsp3) is 0.400. The molecule has 0 aliphatic carbocycles. The van der Waals surface area contributed by atoms with Crippen LogP contribution < -0.4 is 10.9 Å². The van der Waals surface area contributed by atoms with Gasteiger partial charge in [0.2, 0.25) is 0 Å². The number of hydrogen-bond donors (Lipinski definition) is 1. The Morgan fingerprint density at radius 2 is 2.11 bits per heavy atom. The van der Waals surface area contributed by atoms with Crippen molar-refractivity contribution in [2.24, 2.45) is 0 Å². The minimum atomic E-state index is -0.189. The molecule has 0 radical (unpaired) electrons. The summed E-state index contributed by atoms with van der Waals surface area (Å²) in [4.78, 5) is 12.0. The third kappa shape index (κ3) is 1.75. The third-order valence-electron chi connectivity index (χ3n) is 3.66. The van der Waals surface area contributed by atoms with Gasteiger partial charge in [0.05, 0.1) is 5.56 Å². The Kier molecular flexibility index (Phi) is 2.71. The first-order chi connectivity index (χ1) is 8.66. The molecule has 1 aliphatic rings. The maximum atomic E-state index is 12.0. The first-order valence-electron chi connectivity index (χ1n) is 6.46. The highest BCUT2D eigenvalue weighted by Gasteiger charge is 2.17. The van der Waals surface area contributed by atoms with Crippen LogP contribution in [0.15, 0.2) is 27.4 Å². The number of fused-ring (bicyclic) bond motifs is 3. The monoisotopic (exact) mass is 243 g/mol. The first kappa shape index (κ1) is 11.5. The topological polar surface area (TPSA) is 42.2 Å². The van der Waals surface area contributed by atoms with E-state index in [4.69, 9.17) is 4.42 Å². The molecule has 1 N–H and O–H groups in total. The summed E-state index contributed by atoms with van der Waals surface area (Å²) < 4.78 is 5.46. The van der Waals surface area contributed by atoms with Crippen LogP contribution in [-0.2, 0) is 13.0 Å². The number of hydrogen-bond acceptors (Lipinski definition) is 3. The second kappa shape index (κ2) is 4.25. The van der Waals surface area contributed by atoms with Gasteiger partial charge in [-0.15, -0.1) is 0 Å². The summed E-state index contributed by atoms with van der Waals surface area (Å²) >= 11 is 0. The fourth-order valence-corrected chi connectivity index (χ4v) is 2.57. The molecular formula is C15H17NO2. The van der Waals surface area contributed by atoms with Crippen molar-refractivity contribution in [1.29, 1.82) is 0 Å². The van der Waals surface area contributed by atoms with E-state index in [9.17, 15) is 4.79 Å². The molecule has 18 heavy (non-hydrogen) atoms. The zero-order valence-electron chi connectivity index (χ0n) is 10.7. The van der Waals surface area contributed by atoms with Crippen molar-refractivity contribution in [3.05, 3.63) is 45.3 Å². The zero-order chi connectivity index (χ0) is 12.7. The minimum absolute atomic E-state index is 0.189. The summed E-state index contributed by atoms with van der Waals surface area (Å²) in [7, 11) is 0. The molecule has 0 amide bonds. The Bertz CT molecular complexity index is 655. The zero-order valence-corrected chi connectivity index (χ0v) is 10.7. The van der Waals surface area contributed by atoms with E-state index in [2.05, 4.69) is 31.3 Å². The Hall–Kier alpha value is -1.61. The van der Waals surface area contributed by atoms with Crippen molar-refractivity contribution in [2.45, 2.75) is 32.7 Å². The maximum absolute atomic E-state index is 12.0. The average molecular weight is 243 g/mol. The van der Waals surface area contributed by atoms with Gasteiger partial charge < -0.3 is 9.73 Å². The molecule has 3 heteroatoms. The van der Waals surface area contributed by atoms with E-state index in [1.165, 1.54) is 5.56 Å². The van der Waals surface area contributed by atoms with Crippen LogP contribution in [0.3, 0.4) is 0 Å². The molecule has 94 valence electrons. The largest absolute Gasteiger partial charge is 0.422 e. The lowest BCUT2D eigenvalue weighted by Gasteiger charge is -2.17. The van der Waals surface area contributed by atoms with Gasteiger partial charge in [0, 0.05) is 11.9 Å². The molecule has 1 aliphatic heterocycles. The van der Waals surface area contributed by atoms with Crippen molar-refractivity contribution < 1.29 is 4.42 Å². The predicted octanol–water partition coefficient (Wildman–Crippen LogP) is 2.56. The van der Waals surface area contributed by atoms with Gasteiger partial charge in [-0.25, -0.2) is 4.79 Å². The Morgan fingerprint density at radius 1 is 1.28 bits per heavy atom. The maximum Gasteiger partial charge on any atom is 0.341 e. The molecule has 2 heterocycles. The summed E-state index contributed by atoms with van der Waals surface area (Å²) in [5.74, 6) is 0.442. The molecule has 1 aromatic carbocycles. The molecule has 3 nitrogen and oxygen atoms in total. The number of benzene rings is 1. The lowest BCUT2D eigenvalue weighted by molar-refractivity contribution is 0.525. The predicted molar refractivity (Wildman–Crippen MR) is 72.0 cm³/mol. The van der Waals surface area contributed by atoms with Crippen molar-refractivity contribution in [2.75, 3.05) is 6.54 Å². The summed E-state index contributed by atoms with van der Waals surface area (Å²) in [6.45, 7) is 5.83. The van der Waals surface area contributed by atoms with E-state index < -0.39 is 0 Å². The van der Waals surface area contributed by atoms with Crippen LogP contribution in [-0.4, -0.2) is 6.54 Å². The van der Waals surface area contributed by atoms with E-state index in [1.54, 1.807) is 0 Å². The average Bonchev–Trinajstić information content (AvgIpc) is 2.38. The minimum Gasteiger partial charge on any atom is -0.422 e. The van der Waals surface area contributed by atoms with Crippen LogP contribution in [0.1, 0.15) is 36.5 Å². The van der Waals surface area contributed by atoms with Crippen LogP contribution >= 0.6 is 0 Å². The third-order valence-corrected chi connectivity index (χ3v) is 3.66. The SMILES string of the molecule is CC(C)c1ccc2c3c(c(=O)oc2c1)CNCC3. The van der Waals surface area contributed by atoms with Gasteiger partial charge in [0.25, 0.3) is 0 Å². The van der Waals surface area contributed by atoms with Crippen molar-refractivity contribution in [1.82, 2.24) is 5.32 Å². The highest BCUT2D eigenvalue weighted by molar-refractivity contribution is 5.82. The molecule has 0 saturated heterocycles. The second-order valence-corrected chi connectivity index (χ2v) is 5.18. The van der Waals surface area contributed by atoms with E-state index in [0.29, 0.717) is 12.5 Å². The highest BCUT2D eigenvalue weighted by Crippen LogP contribution is 2.26. The molecule has 0 atom stereocenters. The summed E-state index contributed by atoms with van der Waals surface area (Å²) in [6, 6.07) is 6.23. The number of rotatable bonds is 1. The van der Waals surface area contributed by atoms with Crippen LogP contribution in [0.25, 0.3) is 11.0 Å². The fourth-order valence-electron chi connectivity index (χ4n) is 2.57. The Balaban J connectivity index is 2.30. The standard InChI is InChI=1S/C15H17NO2/c1-9(2)10-3-4-12-11-5-6-16-8-13(11)15(17)18-14(12)7-10/h3-4,7,9,16H,5-6,8H2,1-2H3. The molecule has 1 aromatic heterocycles. The molecule has 0 bridgehead atoms. The van der Waals surface area contributed by atoms with Crippen molar-refractivity contribution >= 4 is 11.0 Å². The van der Waals surface area contributed by atoms with Gasteiger partial charge in [0.15, 0.2) is 0 Å². The van der Waals surface area contributed by atoms with Crippen LogP contribution in [0.4, 0.5) is 0 Å². The van der Waals surface area contributed by atoms with Gasteiger partial charge in [-0.3, -0.25) is 0 Å². The van der Waals surface area contributed by atoms with E-state index >= 15 is 0 Å². The smallest absolute Gasteiger partial charge is 0.341 e. The first-order valence-corrected chi connectivity index (χ1v) is 6.46. The van der Waals surface area contributed by atoms with Gasteiger partial charge in [-0.2, -0.15) is 0 Å². The molecule has 0 fully saturated rings. The van der Waals surface area contributed by atoms with Gasteiger partial charge in [-0.05, 0) is 36.1 Å². The summed E-state index contributed by atoms with van der Waals surface area (Å²) in [5, 5.41) is 4.31. The molecular weight excluding hydrogens is 226 g/mol. The quantitative estimate of drug-likeness (QED) is 0.783. The number of nitrogens with one attached hydrogen (secondary N) is 1. The van der Waals surface area contributed by atoms with Crippen LogP contribution in [0.2, 0.25) is 0 Å². The van der Waals surface area contributed by atoms with E-state index in [0.717, 1.165) is 35.1 Å². The molecule has 0 spiro atoms. The van der Waals surface area contributed by atoms with Crippen molar-refractivity contribution in [3.8, 4) is 0 Å². The van der Waals surface area contributed by atoms with Gasteiger partial charge in [0.1, 0.15) is 5.58 Å². The second-order valence-electron chi connectivity index (χ2n) is 5.18. The van der Waals surface area contributed by atoms with Crippen LogP contribution in [0.5, 0.6) is 0 Å². The van der Waals surface area contributed by atoms with E-state index in [-0.39, 0.29) is 5.63 Å². The Morgan fingerprint density at radius 3 is 2.89 bits per heavy atom. The molecule has 0 saturated carbocycles. The molecule has 3 rings (SSSR count). The van der Waals surface area contributed by atoms with Gasteiger partial charge >= 0.3 is 5.63 Å².